The summed E-state index contributed by atoms with van der Waals surface area (Å²) in [7, 11) is 0. The molecule has 0 fully saturated rings. The number of amides is 2. The molecular formula is C12H14ClFN2O4. The first-order chi connectivity index (χ1) is 9.13. The number of hydrogen-bond donors (Lipinski definition) is 4. The second kappa shape index (κ2) is 6.06. The van der Waals surface area contributed by atoms with E-state index in [1.165, 1.54) is 13.0 Å². The summed E-state index contributed by atoms with van der Waals surface area (Å²) in [6.45, 7) is 2.06. The lowest BCUT2D eigenvalue weighted by atomic mass is 10.1. The maximum Gasteiger partial charge on any atom is 0.337 e. The number of aryl methyl sites for hydroxylation is 1. The van der Waals surface area contributed by atoms with Crippen molar-refractivity contribution in [2.24, 2.45) is 0 Å². The normalized spacial score (nSPS) is 13.4. The van der Waals surface area contributed by atoms with Crippen LogP contribution in [0.2, 0.25) is 5.02 Å². The number of rotatable bonds is 4. The van der Waals surface area contributed by atoms with Gasteiger partial charge in [0.15, 0.2) is 5.60 Å². The second-order valence-corrected chi connectivity index (χ2v) is 4.88. The molecule has 0 saturated heterocycles. The number of carboxylic acids is 1. The number of carbonyl (C=O) groups is 2. The fourth-order valence-corrected chi connectivity index (χ4v) is 1.45. The van der Waals surface area contributed by atoms with E-state index in [2.05, 4.69) is 10.6 Å². The van der Waals surface area contributed by atoms with E-state index in [-0.39, 0.29) is 10.7 Å². The van der Waals surface area contributed by atoms with Crippen molar-refractivity contribution in [2.45, 2.75) is 19.4 Å². The van der Waals surface area contributed by atoms with E-state index in [1.54, 1.807) is 0 Å². The van der Waals surface area contributed by atoms with Crippen LogP contribution in [0.25, 0.3) is 0 Å². The molecule has 1 unspecified atom stereocenters. The Morgan fingerprint density at radius 3 is 2.60 bits per heavy atom. The molecule has 0 aliphatic carbocycles. The number of carboxylic acid groups (broad SMARTS) is 1. The van der Waals surface area contributed by atoms with Gasteiger partial charge in [-0.15, -0.1) is 0 Å². The number of aliphatic carboxylic acids is 1. The van der Waals surface area contributed by atoms with Crippen LogP contribution in [-0.2, 0) is 4.79 Å². The molecule has 0 aromatic heterocycles. The van der Waals surface area contributed by atoms with Crippen molar-refractivity contribution < 1.29 is 24.2 Å². The number of anilines is 1. The second-order valence-electron chi connectivity index (χ2n) is 4.47. The zero-order valence-electron chi connectivity index (χ0n) is 10.8. The van der Waals surface area contributed by atoms with Gasteiger partial charge in [-0.25, -0.2) is 14.0 Å². The summed E-state index contributed by atoms with van der Waals surface area (Å²) in [6, 6.07) is 1.63. The van der Waals surface area contributed by atoms with Gasteiger partial charge in [0, 0.05) is 0 Å². The van der Waals surface area contributed by atoms with E-state index < -0.39 is 30.0 Å². The molecule has 0 aliphatic heterocycles. The Labute approximate surface area is 119 Å². The van der Waals surface area contributed by atoms with Gasteiger partial charge in [-0.3, -0.25) is 0 Å². The molecule has 1 aromatic rings. The van der Waals surface area contributed by atoms with Gasteiger partial charge in [-0.2, -0.15) is 0 Å². The van der Waals surface area contributed by atoms with E-state index in [9.17, 15) is 19.1 Å². The van der Waals surface area contributed by atoms with E-state index >= 15 is 0 Å². The molecular weight excluding hydrogens is 291 g/mol. The number of halogens is 2. The fraction of sp³-hybridized carbons (Fsp3) is 0.333. The Hall–Kier alpha value is -1.86. The highest BCUT2D eigenvalue weighted by Crippen LogP contribution is 2.25. The average Bonchev–Trinajstić information content (AvgIpc) is 2.33. The third-order valence-electron chi connectivity index (χ3n) is 2.55. The molecule has 0 bridgehead atoms. The van der Waals surface area contributed by atoms with Crippen molar-refractivity contribution in [3.05, 3.63) is 28.5 Å². The Kier molecular flexibility index (Phi) is 4.91. The Morgan fingerprint density at radius 2 is 2.05 bits per heavy atom. The van der Waals surface area contributed by atoms with Crippen LogP contribution < -0.4 is 10.6 Å². The highest BCUT2D eigenvalue weighted by Gasteiger charge is 2.30. The van der Waals surface area contributed by atoms with E-state index in [4.69, 9.17) is 16.7 Å². The van der Waals surface area contributed by atoms with Crippen LogP contribution in [0.15, 0.2) is 12.1 Å². The zero-order valence-corrected chi connectivity index (χ0v) is 11.6. The smallest absolute Gasteiger partial charge is 0.337 e. The van der Waals surface area contributed by atoms with Crippen LogP contribution in [0.1, 0.15) is 12.5 Å². The van der Waals surface area contributed by atoms with Crippen LogP contribution in [0.4, 0.5) is 14.9 Å². The molecule has 0 heterocycles. The van der Waals surface area contributed by atoms with Crippen LogP contribution in [-0.4, -0.2) is 34.4 Å². The zero-order chi connectivity index (χ0) is 15.5. The van der Waals surface area contributed by atoms with Gasteiger partial charge in [-0.1, -0.05) is 11.6 Å². The van der Waals surface area contributed by atoms with Gasteiger partial charge < -0.3 is 20.8 Å². The third kappa shape index (κ3) is 4.07. The highest BCUT2D eigenvalue weighted by atomic mass is 35.5. The molecule has 1 rings (SSSR count). The standard InChI is InChI=1S/C12H14ClFN2O4/c1-6-3-9(7(13)4-8(6)14)16-11(19)15-5-12(2,20)10(17)18/h3-4,20H,5H2,1-2H3,(H,17,18)(H2,15,16,19). The molecule has 8 heteroatoms. The van der Waals surface area contributed by atoms with Crippen molar-refractivity contribution >= 4 is 29.3 Å². The molecule has 0 radical (unpaired) electrons. The molecule has 0 saturated carbocycles. The largest absolute Gasteiger partial charge is 0.479 e. The van der Waals surface area contributed by atoms with Crippen molar-refractivity contribution in [2.75, 3.05) is 11.9 Å². The summed E-state index contributed by atoms with van der Waals surface area (Å²) in [5.74, 6) is -1.97. The average molecular weight is 305 g/mol. The lowest BCUT2D eigenvalue weighted by molar-refractivity contribution is -0.155. The summed E-state index contributed by atoms with van der Waals surface area (Å²) in [5.41, 5.74) is -1.61. The van der Waals surface area contributed by atoms with Gasteiger partial charge >= 0.3 is 12.0 Å². The molecule has 4 N–H and O–H groups in total. The maximum atomic E-state index is 13.2. The Bertz CT molecular complexity index is 549. The molecule has 110 valence electrons. The van der Waals surface area contributed by atoms with Crippen LogP contribution >= 0.6 is 11.6 Å². The van der Waals surface area contributed by atoms with Gasteiger partial charge in [0.1, 0.15) is 5.82 Å². The van der Waals surface area contributed by atoms with Gasteiger partial charge in [0.25, 0.3) is 0 Å². The minimum atomic E-state index is -2.08. The monoisotopic (exact) mass is 304 g/mol. The van der Waals surface area contributed by atoms with Crippen LogP contribution in [0, 0.1) is 12.7 Å². The van der Waals surface area contributed by atoms with Crippen molar-refractivity contribution in [3.63, 3.8) is 0 Å². The SMILES string of the molecule is Cc1cc(NC(=O)NCC(C)(O)C(=O)O)c(Cl)cc1F. The summed E-state index contributed by atoms with van der Waals surface area (Å²) in [5, 5.41) is 22.6. The quantitative estimate of drug-likeness (QED) is 0.681. The van der Waals surface area contributed by atoms with Crippen LogP contribution in [0.3, 0.4) is 0 Å². The third-order valence-corrected chi connectivity index (χ3v) is 2.86. The van der Waals surface area contributed by atoms with E-state index in [0.717, 1.165) is 13.0 Å². The molecule has 1 atom stereocenters. The fourth-order valence-electron chi connectivity index (χ4n) is 1.25. The number of urea groups is 1. The first kappa shape index (κ1) is 16.2. The number of carbonyl (C=O) groups excluding carboxylic acids is 1. The minimum Gasteiger partial charge on any atom is -0.479 e. The predicted octanol–water partition coefficient (Wildman–Crippen LogP) is 1.74. The van der Waals surface area contributed by atoms with Crippen molar-refractivity contribution in [3.8, 4) is 0 Å². The number of hydrogen-bond acceptors (Lipinski definition) is 3. The number of nitrogens with one attached hydrogen (secondary N) is 2. The lowest BCUT2D eigenvalue weighted by Gasteiger charge is -2.18. The maximum absolute atomic E-state index is 13.2. The Morgan fingerprint density at radius 1 is 1.45 bits per heavy atom. The summed E-state index contributed by atoms with van der Waals surface area (Å²) < 4.78 is 13.2. The number of aliphatic hydroxyl groups is 1. The molecule has 6 nitrogen and oxygen atoms in total. The van der Waals surface area contributed by atoms with Crippen molar-refractivity contribution in [1.29, 1.82) is 0 Å². The molecule has 0 spiro atoms. The van der Waals surface area contributed by atoms with Gasteiger partial charge in [0.2, 0.25) is 0 Å². The lowest BCUT2D eigenvalue weighted by Crippen LogP contribution is -2.47. The van der Waals surface area contributed by atoms with E-state index in [1.807, 2.05) is 0 Å². The van der Waals surface area contributed by atoms with Crippen molar-refractivity contribution in [1.82, 2.24) is 5.32 Å². The van der Waals surface area contributed by atoms with Crippen LogP contribution in [0.5, 0.6) is 0 Å². The van der Waals surface area contributed by atoms with E-state index in [0.29, 0.717) is 5.56 Å². The van der Waals surface area contributed by atoms with Gasteiger partial charge in [0.05, 0.1) is 17.3 Å². The predicted molar refractivity (Wildman–Crippen MR) is 71.4 cm³/mol. The molecule has 1 aromatic carbocycles. The summed E-state index contributed by atoms with van der Waals surface area (Å²) in [4.78, 5) is 22.2. The highest BCUT2D eigenvalue weighted by molar-refractivity contribution is 6.33. The summed E-state index contributed by atoms with van der Waals surface area (Å²) >= 11 is 5.76. The molecule has 2 amide bonds. The Balaban J connectivity index is 2.68. The molecule has 0 aliphatic rings. The first-order valence-corrected chi connectivity index (χ1v) is 5.97. The number of benzene rings is 1. The molecule has 20 heavy (non-hydrogen) atoms. The topological polar surface area (TPSA) is 98.7 Å². The minimum absolute atomic E-state index is 0.00763. The summed E-state index contributed by atoms with van der Waals surface area (Å²) in [6.07, 6.45) is 0. The van der Waals surface area contributed by atoms with Gasteiger partial charge in [-0.05, 0) is 31.5 Å². The first-order valence-electron chi connectivity index (χ1n) is 5.60.